The third-order valence-corrected chi connectivity index (χ3v) is 4.46. The zero-order valence-electron chi connectivity index (χ0n) is 10.1. The summed E-state index contributed by atoms with van der Waals surface area (Å²) in [4.78, 5) is 0. The van der Waals surface area contributed by atoms with E-state index in [4.69, 9.17) is 4.43 Å². The van der Waals surface area contributed by atoms with E-state index in [0.717, 1.165) is 13.0 Å². The van der Waals surface area contributed by atoms with Gasteiger partial charge in [0.15, 0.2) is 0 Å². The quantitative estimate of drug-likeness (QED) is 0.684. The van der Waals surface area contributed by atoms with Crippen LogP contribution in [0.15, 0.2) is 53.9 Å². The van der Waals surface area contributed by atoms with Crippen molar-refractivity contribution in [1.82, 2.24) is 0 Å². The van der Waals surface area contributed by atoms with Crippen molar-refractivity contribution in [2.45, 2.75) is 20.3 Å². The predicted molar refractivity (Wildman–Crippen MR) is 72.9 cm³/mol. The van der Waals surface area contributed by atoms with E-state index >= 15 is 0 Å². The van der Waals surface area contributed by atoms with E-state index in [1.54, 1.807) is 0 Å². The van der Waals surface area contributed by atoms with E-state index in [1.807, 2.05) is 19.9 Å². The number of hydrogen-bond acceptors (Lipinski definition) is 1. The van der Waals surface area contributed by atoms with Gasteiger partial charge in [-0.25, -0.2) is 0 Å². The van der Waals surface area contributed by atoms with Crippen LogP contribution < -0.4 is 0 Å². The summed E-state index contributed by atoms with van der Waals surface area (Å²) in [6.45, 7) is 4.91. The van der Waals surface area contributed by atoms with Crippen LogP contribution in [0.2, 0.25) is 0 Å². The normalized spacial score (nSPS) is 13.6. The van der Waals surface area contributed by atoms with Crippen molar-refractivity contribution in [3.63, 3.8) is 0 Å². The van der Waals surface area contributed by atoms with E-state index in [0.29, 0.717) is 0 Å². The van der Waals surface area contributed by atoms with Crippen molar-refractivity contribution in [3.8, 4) is 0 Å². The lowest BCUT2D eigenvalue weighted by Gasteiger charge is -2.08. The van der Waals surface area contributed by atoms with Gasteiger partial charge in [-0.05, 0) is 25.8 Å². The summed E-state index contributed by atoms with van der Waals surface area (Å²) in [6, 6.07) is 10.5. The lowest BCUT2D eigenvalue weighted by molar-refractivity contribution is 0.336. The van der Waals surface area contributed by atoms with Gasteiger partial charge in [-0.3, -0.25) is 0 Å². The van der Waals surface area contributed by atoms with E-state index in [9.17, 15) is 0 Å². The second-order valence-corrected chi connectivity index (χ2v) is 5.65. The number of hydrogen-bond donors (Lipinski definition) is 0. The Bertz CT molecular complexity index is 318. The van der Waals surface area contributed by atoms with Gasteiger partial charge in [-0.15, -0.1) is 0 Å². The molecule has 0 saturated heterocycles. The summed E-state index contributed by atoms with van der Waals surface area (Å²) in [5.74, 6) is 0. The van der Waals surface area contributed by atoms with Crippen LogP contribution in [-0.2, 0) is 10.8 Å². The Hall–Kier alpha value is -1.12. The Labute approximate surface area is 100 Å². The minimum absolute atomic E-state index is 0.815. The molecule has 0 atom stereocenters. The molecular weight excluding hydrogens is 212 g/mol. The molecule has 0 saturated carbocycles. The maximum Gasteiger partial charge on any atom is 0.224 e. The van der Waals surface area contributed by atoms with Crippen molar-refractivity contribution >= 4 is 9.04 Å². The first-order chi connectivity index (χ1) is 7.86. The molecule has 0 aliphatic rings. The molecule has 16 heavy (non-hydrogen) atoms. The zero-order valence-corrected chi connectivity index (χ0v) is 11.3. The molecule has 1 rings (SSSR count). The first-order valence-corrected chi connectivity index (χ1v) is 7.58. The molecule has 0 aliphatic heterocycles. The summed E-state index contributed by atoms with van der Waals surface area (Å²) in [5, 5.41) is 0. The van der Waals surface area contributed by atoms with Gasteiger partial charge < -0.3 is 4.43 Å². The average Bonchev–Trinajstić information content (AvgIpc) is 2.31. The predicted octanol–water partition coefficient (Wildman–Crippen LogP) is 3.20. The SMILES string of the molecule is CC=C[SiH](C=CC)OCCc1ccccc1. The van der Waals surface area contributed by atoms with Gasteiger partial charge in [-0.2, -0.15) is 0 Å². The van der Waals surface area contributed by atoms with E-state index < -0.39 is 9.04 Å². The van der Waals surface area contributed by atoms with Crippen LogP contribution >= 0.6 is 0 Å². The van der Waals surface area contributed by atoms with Crippen LogP contribution in [0.3, 0.4) is 0 Å². The highest BCUT2D eigenvalue weighted by Gasteiger charge is 2.01. The molecule has 2 heteroatoms. The molecule has 86 valence electrons. The molecule has 0 N–H and O–H groups in total. The maximum atomic E-state index is 5.89. The Morgan fingerprint density at radius 3 is 2.25 bits per heavy atom. The van der Waals surface area contributed by atoms with Gasteiger partial charge in [0.2, 0.25) is 9.04 Å². The summed E-state index contributed by atoms with van der Waals surface area (Å²) >= 11 is 0. The molecule has 0 fully saturated rings. The van der Waals surface area contributed by atoms with Crippen LogP contribution in [0.4, 0.5) is 0 Å². The van der Waals surface area contributed by atoms with E-state index in [2.05, 4.69) is 47.8 Å². The minimum atomic E-state index is -1.24. The first kappa shape index (κ1) is 12.9. The van der Waals surface area contributed by atoms with Crippen molar-refractivity contribution < 1.29 is 4.43 Å². The summed E-state index contributed by atoms with van der Waals surface area (Å²) < 4.78 is 5.89. The summed E-state index contributed by atoms with van der Waals surface area (Å²) in [7, 11) is -1.24. The van der Waals surface area contributed by atoms with Crippen LogP contribution in [0.25, 0.3) is 0 Å². The molecule has 0 bridgehead atoms. The number of benzene rings is 1. The smallest absolute Gasteiger partial charge is 0.224 e. The highest BCUT2D eigenvalue weighted by Crippen LogP contribution is 2.01. The largest absolute Gasteiger partial charge is 0.412 e. The van der Waals surface area contributed by atoms with Gasteiger partial charge in [0, 0.05) is 6.61 Å². The molecule has 0 aliphatic carbocycles. The maximum absolute atomic E-state index is 5.89. The molecule has 0 amide bonds. The van der Waals surface area contributed by atoms with E-state index in [1.165, 1.54) is 5.56 Å². The van der Waals surface area contributed by atoms with Crippen LogP contribution in [0.5, 0.6) is 0 Å². The zero-order chi connectivity index (χ0) is 11.6. The van der Waals surface area contributed by atoms with Crippen molar-refractivity contribution in [2.75, 3.05) is 6.61 Å². The Morgan fingerprint density at radius 1 is 1.06 bits per heavy atom. The van der Waals surface area contributed by atoms with Crippen LogP contribution in [-0.4, -0.2) is 15.6 Å². The standard InChI is InChI=1S/C14H20OSi/c1-3-12-16(13-4-2)15-11-10-14-8-6-5-7-9-14/h3-9,12-13,16H,10-11H2,1-2H3. The molecule has 1 aromatic carbocycles. The topological polar surface area (TPSA) is 9.23 Å². The number of rotatable bonds is 6. The van der Waals surface area contributed by atoms with Crippen LogP contribution in [0.1, 0.15) is 19.4 Å². The fourth-order valence-corrected chi connectivity index (χ4v) is 3.01. The molecule has 1 aromatic rings. The van der Waals surface area contributed by atoms with Gasteiger partial charge in [0.05, 0.1) is 0 Å². The molecule has 0 spiro atoms. The molecule has 0 radical (unpaired) electrons. The van der Waals surface area contributed by atoms with Crippen molar-refractivity contribution in [1.29, 1.82) is 0 Å². The van der Waals surface area contributed by atoms with Crippen molar-refractivity contribution in [3.05, 3.63) is 59.4 Å². The highest BCUT2D eigenvalue weighted by molar-refractivity contribution is 6.63. The van der Waals surface area contributed by atoms with E-state index in [-0.39, 0.29) is 0 Å². The molecule has 0 aromatic heterocycles. The summed E-state index contributed by atoms with van der Waals surface area (Å²) in [6.07, 6.45) is 5.16. The molecule has 0 unspecified atom stereocenters. The fraction of sp³-hybridized carbons (Fsp3) is 0.286. The highest BCUT2D eigenvalue weighted by atomic mass is 28.3. The number of allylic oxidation sites excluding steroid dienone is 2. The van der Waals surface area contributed by atoms with Crippen LogP contribution in [0, 0.1) is 0 Å². The van der Waals surface area contributed by atoms with Gasteiger partial charge in [0.1, 0.15) is 0 Å². The fourth-order valence-electron chi connectivity index (χ4n) is 1.51. The first-order valence-electron chi connectivity index (χ1n) is 5.78. The molecule has 0 heterocycles. The van der Waals surface area contributed by atoms with Crippen molar-refractivity contribution in [2.24, 2.45) is 0 Å². The second kappa shape index (κ2) is 8.08. The molecule has 1 nitrogen and oxygen atoms in total. The second-order valence-electron chi connectivity index (χ2n) is 3.62. The van der Waals surface area contributed by atoms with Gasteiger partial charge in [0.25, 0.3) is 0 Å². The third-order valence-electron chi connectivity index (χ3n) is 2.31. The van der Waals surface area contributed by atoms with Gasteiger partial charge in [-0.1, -0.05) is 53.9 Å². The molecular formula is C14H20OSi. The third kappa shape index (κ3) is 5.10. The average molecular weight is 232 g/mol. The lowest BCUT2D eigenvalue weighted by atomic mass is 10.2. The lowest BCUT2D eigenvalue weighted by Crippen LogP contribution is -2.14. The van der Waals surface area contributed by atoms with Gasteiger partial charge >= 0.3 is 0 Å². The Kier molecular flexibility index (Phi) is 6.54. The minimum Gasteiger partial charge on any atom is -0.412 e. The Balaban J connectivity index is 2.33. The summed E-state index contributed by atoms with van der Waals surface area (Å²) in [5.41, 5.74) is 5.74. The monoisotopic (exact) mass is 232 g/mol. The Morgan fingerprint density at radius 2 is 1.69 bits per heavy atom.